The van der Waals surface area contributed by atoms with Crippen LogP contribution in [0.3, 0.4) is 0 Å². The second kappa shape index (κ2) is 4.48. The smallest absolute Gasteiger partial charge is 0.0708 e. The van der Waals surface area contributed by atoms with Crippen molar-refractivity contribution in [1.29, 1.82) is 0 Å². The molecule has 0 bridgehead atoms. The average Bonchev–Trinajstić information content (AvgIpc) is 2.81. The number of pyridine rings is 1. The molecule has 19 heavy (non-hydrogen) atoms. The highest BCUT2D eigenvalue weighted by Gasteiger charge is 2.07. The highest BCUT2D eigenvalue weighted by Crippen LogP contribution is 2.26. The molecule has 0 aliphatic heterocycles. The Kier molecular flexibility index (Phi) is 2.80. The number of rotatable bonds is 2. The van der Waals surface area contributed by atoms with Crippen molar-refractivity contribution >= 4 is 10.9 Å². The van der Waals surface area contributed by atoms with E-state index in [0.717, 1.165) is 22.2 Å². The zero-order chi connectivity index (χ0) is 13.4. The Morgan fingerprint density at radius 2 is 2.05 bits per heavy atom. The van der Waals surface area contributed by atoms with Gasteiger partial charge in [-0.1, -0.05) is 6.07 Å². The minimum absolute atomic E-state index is 0.522. The third kappa shape index (κ3) is 2.00. The van der Waals surface area contributed by atoms with Crippen LogP contribution in [0.2, 0.25) is 0 Å². The maximum Gasteiger partial charge on any atom is 0.0708 e. The molecule has 4 heteroatoms. The molecule has 2 heterocycles. The maximum atomic E-state index is 5.59. The summed E-state index contributed by atoms with van der Waals surface area (Å²) in [5.41, 5.74) is 11.1. The summed E-state index contributed by atoms with van der Waals surface area (Å²) in [4.78, 5) is 4.47. The third-order valence-corrected chi connectivity index (χ3v) is 3.38. The van der Waals surface area contributed by atoms with Gasteiger partial charge in [0.05, 0.1) is 17.4 Å². The Bertz CT molecular complexity index is 726. The van der Waals surface area contributed by atoms with Gasteiger partial charge in [0.25, 0.3) is 0 Å². The molecule has 0 amide bonds. The van der Waals surface area contributed by atoms with Crippen LogP contribution in [0.1, 0.15) is 11.1 Å². The first-order valence-corrected chi connectivity index (χ1v) is 6.27. The van der Waals surface area contributed by atoms with Crippen molar-refractivity contribution in [3.63, 3.8) is 0 Å². The summed E-state index contributed by atoms with van der Waals surface area (Å²) in [5, 5.41) is 5.44. The van der Waals surface area contributed by atoms with E-state index in [1.807, 2.05) is 36.3 Å². The molecule has 3 rings (SSSR count). The lowest BCUT2D eigenvalue weighted by molar-refractivity contribution is 0.794. The van der Waals surface area contributed by atoms with Crippen LogP contribution in [-0.4, -0.2) is 14.8 Å². The zero-order valence-electron chi connectivity index (χ0n) is 11.1. The fourth-order valence-electron chi connectivity index (χ4n) is 2.42. The molecule has 96 valence electrons. The van der Waals surface area contributed by atoms with Gasteiger partial charge in [0, 0.05) is 30.7 Å². The molecule has 0 aliphatic carbocycles. The molecule has 0 atom stereocenters. The summed E-state index contributed by atoms with van der Waals surface area (Å²) in [5.74, 6) is 0. The lowest BCUT2D eigenvalue weighted by Gasteiger charge is -2.06. The number of nitrogens with zero attached hydrogens (tertiary/aromatic N) is 3. The van der Waals surface area contributed by atoms with E-state index in [2.05, 4.69) is 29.1 Å². The number of benzene rings is 1. The van der Waals surface area contributed by atoms with Gasteiger partial charge in [-0.2, -0.15) is 5.10 Å². The van der Waals surface area contributed by atoms with Gasteiger partial charge in [0.1, 0.15) is 0 Å². The molecule has 1 aromatic carbocycles. The molecule has 0 saturated carbocycles. The number of aromatic nitrogens is 3. The van der Waals surface area contributed by atoms with Gasteiger partial charge >= 0.3 is 0 Å². The molecule has 0 spiro atoms. The Labute approximate surface area is 111 Å². The van der Waals surface area contributed by atoms with Gasteiger partial charge in [-0.3, -0.25) is 9.67 Å². The van der Waals surface area contributed by atoms with Crippen LogP contribution < -0.4 is 5.73 Å². The Morgan fingerprint density at radius 1 is 1.21 bits per heavy atom. The molecule has 0 saturated heterocycles. The minimum atomic E-state index is 0.522. The van der Waals surface area contributed by atoms with Crippen LogP contribution in [0.5, 0.6) is 0 Å². The van der Waals surface area contributed by atoms with Crippen LogP contribution in [-0.2, 0) is 13.6 Å². The highest BCUT2D eigenvalue weighted by atomic mass is 15.2. The van der Waals surface area contributed by atoms with Gasteiger partial charge in [-0.15, -0.1) is 0 Å². The number of aryl methyl sites for hydroxylation is 2. The van der Waals surface area contributed by atoms with Crippen LogP contribution in [0.4, 0.5) is 0 Å². The molecule has 2 N–H and O–H groups in total. The summed E-state index contributed by atoms with van der Waals surface area (Å²) in [7, 11) is 1.96. The van der Waals surface area contributed by atoms with E-state index in [0.29, 0.717) is 6.54 Å². The fraction of sp³-hybridized carbons (Fsp3) is 0.200. The molecule has 0 radical (unpaired) electrons. The second-order valence-electron chi connectivity index (χ2n) is 4.75. The fourth-order valence-corrected chi connectivity index (χ4v) is 2.42. The summed E-state index contributed by atoms with van der Waals surface area (Å²) >= 11 is 0. The number of nitrogens with two attached hydrogens (primary N) is 1. The summed E-state index contributed by atoms with van der Waals surface area (Å²) in [6.45, 7) is 2.62. The second-order valence-corrected chi connectivity index (χ2v) is 4.75. The van der Waals surface area contributed by atoms with Crippen molar-refractivity contribution in [2.24, 2.45) is 12.8 Å². The van der Waals surface area contributed by atoms with E-state index >= 15 is 0 Å². The number of hydrogen-bond donors (Lipinski definition) is 1. The van der Waals surface area contributed by atoms with Gasteiger partial charge in [-0.05, 0) is 36.2 Å². The van der Waals surface area contributed by atoms with Crippen LogP contribution in [0.15, 0.2) is 36.7 Å². The first kappa shape index (κ1) is 11.9. The monoisotopic (exact) mass is 252 g/mol. The van der Waals surface area contributed by atoms with Crippen LogP contribution in [0.25, 0.3) is 22.2 Å². The molecule has 2 aromatic heterocycles. The lowest BCUT2D eigenvalue weighted by Crippen LogP contribution is -1.97. The van der Waals surface area contributed by atoms with Crippen LogP contribution in [0, 0.1) is 6.92 Å². The Balaban J connectivity index is 2.14. The SMILES string of the molecule is Cc1cc(-c2ccc(CN)cn2)cc2cnn(C)c12. The van der Waals surface area contributed by atoms with Crippen molar-refractivity contribution in [3.8, 4) is 11.3 Å². The molecule has 3 aromatic rings. The number of hydrogen-bond acceptors (Lipinski definition) is 3. The molecule has 0 fully saturated rings. The van der Waals surface area contributed by atoms with E-state index in [1.54, 1.807) is 0 Å². The predicted octanol–water partition coefficient (Wildman–Crippen LogP) is 2.40. The molecular formula is C15H16N4. The van der Waals surface area contributed by atoms with Crippen molar-refractivity contribution in [2.75, 3.05) is 0 Å². The molecule has 0 aliphatic rings. The highest BCUT2D eigenvalue weighted by molar-refractivity contribution is 5.86. The van der Waals surface area contributed by atoms with Crippen molar-refractivity contribution < 1.29 is 0 Å². The average molecular weight is 252 g/mol. The van der Waals surface area contributed by atoms with E-state index in [-0.39, 0.29) is 0 Å². The molecular weight excluding hydrogens is 236 g/mol. The summed E-state index contributed by atoms with van der Waals surface area (Å²) in [6.07, 6.45) is 3.72. The first-order valence-electron chi connectivity index (χ1n) is 6.27. The van der Waals surface area contributed by atoms with E-state index in [1.165, 1.54) is 11.1 Å². The van der Waals surface area contributed by atoms with Crippen molar-refractivity contribution in [3.05, 3.63) is 47.8 Å². The minimum Gasteiger partial charge on any atom is -0.326 e. The van der Waals surface area contributed by atoms with Gasteiger partial charge in [0.2, 0.25) is 0 Å². The Hall–Kier alpha value is -2.20. The normalized spacial score (nSPS) is 11.1. The zero-order valence-corrected chi connectivity index (χ0v) is 11.1. The van der Waals surface area contributed by atoms with Gasteiger partial charge < -0.3 is 5.73 Å². The van der Waals surface area contributed by atoms with E-state index in [4.69, 9.17) is 5.73 Å². The van der Waals surface area contributed by atoms with Crippen molar-refractivity contribution in [2.45, 2.75) is 13.5 Å². The molecule has 0 unspecified atom stereocenters. The molecule has 4 nitrogen and oxygen atoms in total. The largest absolute Gasteiger partial charge is 0.326 e. The van der Waals surface area contributed by atoms with Gasteiger partial charge in [0.15, 0.2) is 0 Å². The topological polar surface area (TPSA) is 56.7 Å². The third-order valence-electron chi connectivity index (χ3n) is 3.38. The maximum absolute atomic E-state index is 5.59. The van der Waals surface area contributed by atoms with Crippen molar-refractivity contribution in [1.82, 2.24) is 14.8 Å². The van der Waals surface area contributed by atoms with Crippen LogP contribution >= 0.6 is 0 Å². The van der Waals surface area contributed by atoms with E-state index in [9.17, 15) is 0 Å². The first-order chi connectivity index (χ1) is 9.19. The lowest BCUT2D eigenvalue weighted by atomic mass is 10.0. The summed E-state index contributed by atoms with van der Waals surface area (Å²) in [6, 6.07) is 8.30. The standard InChI is InChI=1S/C15H16N4/c1-10-5-12(6-13-9-18-19(2)15(10)13)14-4-3-11(7-16)8-17-14/h3-6,8-9H,7,16H2,1-2H3. The Morgan fingerprint density at radius 3 is 2.74 bits per heavy atom. The quantitative estimate of drug-likeness (QED) is 0.762. The summed E-state index contributed by atoms with van der Waals surface area (Å²) < 4.78 is 1.90. The van der Waals surface area contributed by atoms with Gasteiger partial charge in [-0.25, -0.2) is 0 Å². The number of fused-ring (bicyclic) bond motifs is 1. The van der Waals surface area contributed by atoms with E-state index < -0.39 is 0 Å². The predicted molar refractivity (Wildman–Crippen MR) is 76.6 cm³/mol.